The fraction of sp³-hybridized carbons (Fsp3) is 0.250. The number of rotatable bonds is 5. The quantitative estimate of drug-likeness (QED) is 0.625. The summed E-state index contributed by atoms with van der Waals surface area (Å²) in [6, 6.07) is 12.2. The molecule has 6 heteroatoms. The molecule has 0 radical (unpaired) electrons. The summed E-state index contributed by atoms with van der Waals surface area (Å²) in [6.45, 7) is 7.29. The molecule has 26 heavy (non-hydrogen) atoms. The maximum atomic E-state index is 13.3. The highest BCUT2D eigenvalue weighted by atomic mass is 35.5. The van der Waals surface area contributed by atoms with Crippen LogP contribution < -0.4 is 4.90 Å². The third-order valence-electron chi connectivity index (χ3n) is 4.47. The van der Waals surface area contributed by atoms with E-state index < -0.39 is 9.84 Å². The Hall–Kier alpha value is -2.11. The summed E-state index contributed by atoms with van der Waals surface area (Å²) in [5.74, 6) is 0. The Bertz CT molecular complexity index is 1040. The number of fused-ring (bicyclic) bond motifs is 1. The van der Waals surface area contributed by atoms with Crippen LogP contribution in [-0.4, -0.2) is 26.5 Å². The minimum atomic E-state index is -3.70. The SMILES string of the molecule is CCN(CC)c1c(S(=O)(=O)c2ccc(C)cc2)cnc2ccc(Cl)cc12. The van der Waals surface area contributed by atoms with Crippen molar-refractivity contribution in [2.75, 3.05) is 18.0 Å². The molecule has 0 N–H and O–H groups in total. The Kier molecular flexibility index (Phi) is 5.21. The molecule has 0 aliphatic carbocycles. The molecule has 0 aliphatic rings. The van der Waals surface area contributed by atoms with E-state index in [0.717, 1.165) is 16.5 Å². The average molecular weight is 389 g/mol. The molecule has 0 spiro atoms. The second-order valence-corrected chi connectivity index (χ2v) is 8.48. The number of sulfone groups is 1. The summed E-state index contributed by atoms with van der Waals surface area (Å²) >= 11 is 6.19. The van der Waals surface area contributed by atoms with Crippen molar-refractivity contribution in [2.45, 2.75) is 30.6 Å². The zero-order valence-electron chi connectivity index (χ0n) is 15.0. The van der Waals surface area contributed by atoms with E-state index in [-0.39, 0.29) is 9.79 Å². The summed E-state index contributed by atoms with van der Waals surface area (Å²) in [6.07, 6.45) is 1.46. The molecule has 4 nitrogen and oxygen atoms in total. The van der Waals surface area contributed by atoms with Crippen LogP contribution in [0.25, 0.3) is 10.9 Å². The number of halogens is 1. The van der Waals surface area contributed by atoms with Crippen molar-refractivity contribution in [2.24, 2.45) is 0 Å². The Morgan fingerprint density at radius 2 is 1.69 bits per heavy atom. The zero-order valence-corrected chi connectivity index (χ0v) is 16.6. The van der Waals surface area contributed by atoms with Crippen LogP contribution in [0.5, 0.6) is 0 Å². The van der Waals surface area contributed by atoms with Gasteiger partial charge in [0.1, 0.15) is 4.90 Å². The van der Waals surface area contributed by atoms with Crippen LogP contribution >= 0.6 is 11.6 Å². The van der Waals surface area contributed by atoms with Crippen molar-refractivity contribution in [1.29, 1.82) is 0 Å². The Labute approximate surface area is 159 Å². The second kappa shape index (κ2) is 7.25. The van der Waals surface area contributed by atoms with Crippen LogP contribution in [-0.2, 0) is 9.84 Å². The lowest BCUT2D eigenvalue weighted by Crippen LogP contribution is -2.24. The smallest absolute Gasteiger partial charge is 0.210 e. The van der Waals surface area contributed by atoms with E-state index in [1.54, 1.807) is 36.4 Å². The molecule has 0 saturated heterocycles. The number of nitrogens with zero attached hydrogens (tertiary/aromatic N) is 2. The third-order valence-corrected chi connectivity index (χ3v) is 6.47. The lowest BCUT2D eigenvalue weighted by atomic mass is 10.1. The molecule has 1 aromatic heterocycles. The number of aryl methyl sites for hydroxylation is 1. The summed E-state index contributed by atoms with van der Waals surface area (Å²) in [5.41, 5.74) is 2.39. The molecule has 136 valence electrons. The molecule has 2 aromatic carbocycles. The van der Waals surface area contributed by atoms with Crippen LogP contribution in [0.1, 0.15) is 19.4 Å². The molecule has 0 bridgehead atoms. The third kappa shape index (κ3) is 3.29. The predicted octanol–water partition coefficient (Wildman–Crippen LogP) is 4.88. The first-order valence-electron chi connectivity index (χ1n) is 8.53. The molecule has 0 aliphatic heterocycles. The maximum Gasteiger partial charge on any atom is 0.210 e. The molecule has 0 atom stereocenters. The minimum Gasteiger partial charge on any atom is -0.370 e. The Balaban J connectivity index is 2.34. The van der Waals surface area contributed by atoms with Crippen molar-refractivity contribution in [1.82, 2.24) is 4.98 Å². The van der Waals surface area contributed by atoms with E-state index in [2.05, 4.69) is 4.98 Å². The second-order valence-electron chi connectivity index (χ2n) is 6.12. The van der Waals surface area contributed by atoms with Crippen LogP contribution in [0.15, 0.2) is 58.5 Å². The van der Waals surface area contributed by atoms with Gasteiger partial charge in [-0.3, -0.25) is 4.98 Å². The number of aromatic nitrogens is 1. The summed E-state index contributed by atoms with van der Waals surface area (Å²) in [4.78, 5) is 6.88. The molecular formula is C20H21ClN2O2S. The number of pyridine rings is 1. The highest BCUT2D eigenvalue weighted by molar-refractivity contribution is 7.91. The normalized spacial score (nSPS) is 11.7. The van der Waals surface area contributed by atoms with Gasteiger partial charge in [0.05, 0.1) is 16.1 Å². The molecule has 3 aromatic rings. The van der Waals surface area contributed by atoms with Gasteiger partial charge in [-0.25, -0.2) is 8.42 Å². The summed E-state index contributed by atoms with van der Waals surface area (Å²) in [5, 5.41) is 1.30. The number of hydrogen-bond acceptors (Lipinski definition) is 4. The van der Waals surface area contributed by atoms with Crippen LogP contribution in [0, 0.1) is 6.92 Å². The average Bonchev–Trinajstić information content (AvgIpc) is 2.63. The first-order valence-corrected chi connectivity index (χ1v) is 10.4. The molecule has 1 heterocycles. The fourth-order valence-electron chi connectivity index (χ4n) is 3.04. The van der Waals surface area contributed by atoms with Gasteiger partial charge in [0.25, 0.3) is 0 Å². The van der Waals surface area contributed by atoms with Gasteiger partial charge in [-0.15, -0.1) is 0 Å². The van der Waals surface area contributed by atoms with Gasteiger partial charge in [0, 0.05) is 29.7 Å². The van der Waals surface area contributed by atoms with E-state index in [4.69, 9.17) is 11.6 Å². The van der Waals surface area contributed by atoms with Crippen molar-refractivity contribution < 1.29 is 8.42 Å². The van der Waals surface area contributed by atoms with Gasteiger partial charge in [0.2, 0.25) is 9.84 Å². The van der Waals surface area contributed by atoms with Crippen LogP contribution in [0.4, 0.5) is 5.69 Å². The van der Waals surface area contributed by atoms with E-state index >= 15 is 0 Å². The Morgan fingerprint density at radius 3 is 2.31 bits per heavy atom. The highest BCUT2D eigenvalue weighted by Crippen LogP contribution is 2.36. The summed E-state index contributed by atoms with van der Waals surface area (Å²) < 4.78 is 26.7. The van der Waals surface area contributed by atoms with Gasteiger partial charge >= 0.3 is 0 Å². The lowest BCUT2D eigenvalue weighted by Gasteiger charge is -2.25. The van der Waals surface area contributed by atoms with Crippen molar-refractivity contribution in [3.8, 4) is 0 Å². The number of benzene rings is 2. The van der Waals surface area contributed by atoms with Crippen LogP contribution in [0.3, 0.4) is 0 Å². The minimum absolute atomic E-state index is 0.208. The van der Waals surface area contributed by atoms with E-state index in [0.29, 0.717) is 23.8 Å². The molecule has 3 rings (SSSR count). The van der Waals surface area contributed by atoms with Gasteiger partial charge in [-0.05, 0) is 51.1 Å². The topological polar surface area (TPSA) is 50.3 Å². The molecule has 0 amide bonds. The first kappa shape index (κ1) is 18.7. The molecular weight excluding hydrogens is 368 g/mol. The highest BCUT2D eigenvalue weighted by Gasteiger charge is 2.26. The van der Waals surface area contributed by atoms with Gasteiger partial charge < -0.3 is 4.90 Å². The van der Waals surface area contributed by atoms with Crippen molar-refractivity contribution >= 4 is 38.0 Å². The van der Waals surface area contributed by atoms with E-state index in [9.17, 15) is 8.42 Å². The fourth-order valence-corrected chi connectivity index (χ4v) is 4.65. The van der Waals surface area contributed by atoms with E-state index in [1.807, 2.05) is 31.7 Å². The number of anilines is 1. The Morgan fingerprint density at radius 1 is 1.04 bits per heavy atom. The monoisotopic (exact) mass is 388 g/mol. The number of hydrogen-bond donors (Lipinski definition) is 0. The lowest BCUT2D eigenvalue weighted by molar-refractivity contribution is 0.595. The molecule has 0 saturated carbocycles. The van der Waals surface area contributed by atoms with Gasteiger partial charge in [-0.1, -0.05) is 29.3 Å². The van der Waals surface area contributed by atoms with Gasteiger partial charge in [-0.2, -0.15) is 0 Å². The molecule has 0 fully saturated rings. The van der Waals surface area contributed by atoms with Crippen molar-refractivity contribution in [3.05, 3.63) is 59.2 Å². The van der Waals surface area contributed by atoms with Gasteiger partial charge in [0.15, 0.2) is 0 Å². The van der Waals surface area contributed by atoms with E-state index in [1.165, 1.54) is 6.20 Å². The summed E-state index contributed by atoms with van der Waals surface area (Å²) in [7, 11) is -3.70. The molecule has 0 unspecified atom stereocenters. The van der Waals surface area contributed by atoms with Crippen LogP contribution in [0.2, 0.25) is 5.02 Å². The largest absolute Gasteiger partial charge is 0.370 e. The first-order chi connectivity index (χ1) is 12.4. The predicted molar refractivity (Wildman–Crippen MR) is 107 cm³/mol. The maximum absolute atomic E-state index is 13.3. The van der Waals surface area contributed by atoms with Crippen molar-refractivity contribution in [3.63, 3.8) is 0 Å². The standard InChI is InChI=1S/C20H21ClN2O2S/c1-4-23(5-2)20-17-12-15(21)8-11-18(17)22-13-19(20)26(24,25)16-9-6-14(3)7-10-16/h6-13H,4-5H2,1-3H3. The zero-order chi connectivity index (χ0) is 18.9.